The largest absolute Gasteiger partial charge is 0.357 e. The zero-order valence-corrected chi connectivity index (χ0v) is 10.1. The van der Waals surface area contributed by atoms with Crippen LogP contribution in [0.4, 0.5) is 0 Å². The third-order valence-corrected chi connectivity index (χ3v) is 3.60. The van der Waals surface area contributed by atoms with Gasteiger partial charge in [0.05, 0.1) is 9.52 Å². The Hall–Kier alpha value is 0.137. The van der Waals surface area contributed by atoms with Crippen molar-refractivity contribution in [3.63, 3.8) is 0 Å². The molecule has 0 amide bonds. The van der Waals surface area contributed by atoms with E-state index < -0.39 is 0 Å². The van der Waals surface area contributed by atoms with Crippen LogP contribution in [0.5, 0.6) is 0 Å². The summed E-state index contributed by atoms with van der Waals surface area (Å²) in [5.41, 5.74) is 0. The number of unbranched alkanes of at least 4 members (excludes halogenated alkanes) is 1. The van der Waals surface area contributed by atoms with Crippen LogP contribution in [0.25, 0.3) is 0 Å². The molecule has 0 radical (unpaired) electrons. The van der Waals surface area contributed by atoms with E-state index >= 15 is 0 Å². The van der Waals surface area contributed by atoms with E-state index in [1.54, 1.807) is 0 Å². The summed E-state index contributed by atoms with van der Waals surface area (Å²) in [7, 11) is -0.152. The standard InChI is InChI=1S/C9H22O2Si/c1-4-7-8-12-9(10-5-2)11-6-3/h9H,4-8,12H2,1-3H3. The first kappa shape index (κ1) is 12.1. The molecule has 0 unspecified atom stereocenters. The minimum absolute atomic E-state index is 0.152. The van der Waals surface area contributed by atoms with Gasteiger partial charge in [-0.25, -0.2) is 0 Å². The first-order chi connectivity index (χ1) is 5.85. The van der Waals surface area contributed by atoms with Crippen LogP contribution in [0.3, 0.4) is 0 Å². The van der Waals surface area contributed by atoms with E-state index in [2.05, 4.69) is 6.92 Å². The Balaban J connectivity index is 3.34. The zero-order chi connectivity index (χ0) is 9.23. The van der Waals surface area contributed by atoms with Gasteiger partial charge in [-0.15, -0.1) is 0 Å². The first-order valence-electron chi connectivity index (χ1n) is 5.08. The summed E-state index contributed by atoms with van der Waals surface area (Å²) in [6.07, 6.45) is 2.63. The molecule has 0 fully saturated rings. The van der Waals surface area contributed by atoms with Gasteiger partial charge in [0.15, 0.2) is 0 Å². The Bertz CT molecular complexity index is 82.6. The second-order valence-electron chi connectivity index (χ2n) is 2.84. The highest BCUT2D eigenvalue weighted by molar-refractivity contribution is 6.36. The zero-order valence-electron chi connectivity index (χ0n) is 8.64. The molecular weight excluding hydrogens is 168 g/mol. The highest BCUT2D eigenvalue weighted by Crippen LogP contribution is 2.00. The number of ether oxygens (including phenoxy) is 2. The van der Waals surface area contributed by atoms with Crippen molar-refractivity contribution in [1.29, 1.82) is 0 Å². The lowest BCUT2D eigenvalue weighted by Crippen LogP contribution is -2.24. The Morgan fingerprint density at radius 1 is 1.08 bits per heavy atom. The molecule has 74 valence electrons. The van der Waals surface area contributed by atoms with E-state index in [4.69, 9.17) is 9.47 Å². The lowest BCUT2D eigenvalue weighted by molar-refractivity contribution is -0.0827. The molecule has 0 rings (SSSR count). The van der Waals surface area contributed by atoms with E-state index in [0.717, 1.165) is 13.2 Å². The summed E-state index contributed by atoms with van der Waals surface area (Å²) in [4.78, 5) is 0. The minimum Gasteiger partial charge on any atom is -0.357 e. The van der Waals surface area contributed by atoms with Crippen LogP contribution in [-0.2, 0) is 9.47 Å². The molecule has 0 aromatic heterocycles. The van der Waals surface area contributed by atoms with Gasteiger partial charge in [0, 0.05) is 13.2 Å². The smallest absolute Gasteiger partial charge is 0.134 e. The summed E-state index contributed by atoms with van der Waals surface area (Å²) in [6, 6.07) is 1.35. The van der Waals surface area contributed by atoms with Crippen molar-refractivity contribution in [2.75, 3.05) is 13.2 Å². The lowest BCUT2D eigenvalue weighted by Gasteiger charge is -2.15. The average molecular weight is 190 g/mol. The number of rotatable bonds is 8. The minimum atomic E-state index is -0.152. The fraction of sp³-hybridized carbons (Fsp3) is 1.00. The van der Waals surface area contributed by atoms with Crippen LogP contribution in [0.2, 0.25) is 6.04 Å². The van der Waals surface area contributed by atoms with Crippen molar-refractivity contribution in [2.45, 2.75) is 45.6 Å². The van der Waals surface area contributed by atoms with Crippen molar-refractivity contribution in [3.05, 3.63) is 0 Å². The van der Waals surface area contributed by atoms with E-state index in [0.29, 0.717) is 0 Å². The summed E-state index contributed by atoms with van der Waals surface area (Å²) >= 11 is 0. The predicted molar refractivity (Wildman–Crippen MR) is 55.3 cm³/mol. The SMILES string of the molecule is CCCC[SiH2]C(OCC)OCC. The molecular formula is C9H22O2Si. The predicted octanol–water partition coefficient (Wildman–Crippen LogP) is 1.73. The Morgan fingerprint density at radius 2 is 1.67 bits per heavy atom. The molecule has 0 saturated heterocycles. The van der Waals surface area contributed by atoms with E-state index in [-0.39, 0.29) is 15.4 Å². The maximum Gasteiger partial charge on any atom is 0.134 e. The Labute approximate surface area is 78.5 Å². The van der Waals surface area contributed by atoms with E-state index in [1.807, 2.05) is 13.8 Å². The first-order valence-corrected chi connectivity index (χ1v) is 6.89. The maximum absolute atomic E-state index is 5.47. The second-order valence-corrected chi connectivity index (χ2v) is 4.79. The highest BCUT2D eigenvalue weighted by atomic mass is 28.2. The van der Waals surface area contributed by atoms with Gasteiger partial charge < -0.3 is 9.47 Å². The molecule has 12 heavy (non-hydrogen) atoms. The summed E-state index contributed by atoms with van der Waals surface area (Å²) in [5.74, 6) is 0.173. The van der Waals surface area contributed by atoms with Crippen molar-refractivity contribution in [2.24, 2.45) is 0 Å². The fourth-order valence-electron chi connectivity index (χ4n) is 1.15. The third kappa shape index (κ3) is 6.82. The van der Waals surface area contributed by atoms with Crippen LogP contribution >= 0.6 is 0 Å². The summed E-state index contributed by atoms with van der Waals surface area (Å²) in [5, 5.41) is 0. The van der Waals surface area contributed by atoms with Crippen molar-refractivity contribution in [3.8, 4) is 0 Å². The topological polar surface area (TPSA) is 18.5 Å². The van der Waals surface area contributed by atoms with Crippen LogP contribution in [0, 0.1) is 0 Å². The van der Waals surface area contributed by atoms with Gasteiger partial charge in [0.2, 0.25) is 0 Å². The lowest BCUT2D eigenvalue weighted by atomic mass is 10.4. The normalized spacial score (nSPS) is 12.0. The summed E-state index contributed by atoms with van der Waals surface area (Å²) < 4.78 is 10.9. The molecule has 0 saturated carbocycles. The molecule has 2 nitrogen and oxygen atoms in total. The van der Waals surface area contributed by atoms with Gasteiger partial charge in [-0.05, 0) is 13.8 Å². The van der Waals surface area contributed by atoms with Crippen LogP contribution < -0.4 is 0 Å². The van der Waals surface area contributed by atoms with Gasteiger partial charge in [0.25, 0.3) is 0 Å². The van der Waals surface area contributed by atoms with Gasteiger partial charge >= 0.3 is 0 Å². The van der Waals surface area contributed by atoms with Crippen LogP contribution in [-0.4, -0.2) is 28.6 Å². The average Bonchev–Trinajstić information content (AvgIpc) is 2.06. The molecule has 0 aromatic rings. The molecule has 0 atom stereocenters. The molecule has 0 spiro atoms. The maximum atomic E-state index is 5.47. The molecule has 0 bridgehead atoms. The van der Waals surface area contributed by atoms with E-state index in [9.17, 15) is 0 Å². The number of hydrogen-bond acceptors (Lipinski definition) is 2. The molecule has 3 heteroatoms. The van der Waals surface area contributed by atoms with Crippen molar-refractivity contribution >= 4 is 9.52 Å². The third-order valence-electron chi connectivity index (χ3n) is 1.75. The Kier molecular flexibility index (Phi) is 9.33. The Morgan fingerprint density at radius 3 is 2.08 bits per heavy atom. The second kappa shape index (κ2) is 9.23. The number of hydrogen-bond donors (Lipinski definition) is 0. The van der Waals surface area contributed by atoms with Crippen LogP contribution in [0.1, 0.15) is 33.6 Å². The highest BCUT2D eigenvalue weighted by Gasteiger charge is 2.06. The van der Waals surface area contributed by atoms with E-state index in [1.165, 1.54) is 18.9 Å². The van der Waals surface area contributed by atoms with Gasteiger partial charge in [-0.1, -0.05) is 25.8 Å². The van der Waals surface area contributed by atoms with Crippen molar-refractivity contribution in [1.82, 2.24) is 0 Å². The quantitative estimate of drug-likeness (QED) is 0.330. The fourth-order valence-corrected chi connectivity index (χ4v) is 3.07. The molecule has 0 aliphatic heterocycles. The van der Waals surface area contributed by atoms with Gasteiger partial charge in [-0.2, -0.15) is 0 Å². The van der Waals surface area contributed by atoms with Crippen LogP contribution in [0.15, 0.2) is 0 Å². The molecule has 0 heterocycles. The molecule has 0 N–H and O–H groups in total. The van der Waals surface area contributed by atoms with Gasteiger partial charge in [-0.3, -0.25) is 0 Å². The molecule has 0 aliphatic carbocycles. The van der Waals surface area contributed by atoms with Crippen molar-refractivity contribution < 1.29 is 9.47 Å². The van der Waals surface area contributed by atoms with Gasteiger partial charge in [0.1, 0.15) is 5.91 Å². The summed E-state index contributed by atoms with van der Waals surface area (Å²) in [6.45, 7) is 7.85. The molecule has 0 aliphatic rings. The monoisotopic (exact) mass is 190 g/mol. The molecule has 0 aromatic carbocycles.